The highest BCUT2D eigenvalue weighted by Crippen LogP contribution is 2.32. The van der Waals surface area contributed by atoms with Crippen molar-refractivity contribution in [2.75, 3.05) is 5.32 Å². The lowest BCUT2D eigenvalue weighted by Crippen LogP contribution is -2.12. The molecule has 0 bridgehead atoms. The molecular formula is C11H12F3N3. The zero-order chi connectivity index (χ0) is 12.5. The summed E-state index contributed by atoms with van der Waals surface area (Å²) in [7, 11) is 0. The van der Waals surface area contributed by atoms with Gasteiger partial charge in [0.1, 0.15) is 5.69 Å². The van der Waals surface area contributed by atoms with Crippen molar-refractivity contribution in [1.29, 1.82) is 5.41 Å². The molecule has 1 aromatic heterocycles. The molecule has 6 heteroatoms. The van der Waals surface area contributed by atoms with Crippen LogP contribution in [0.5, 0.6) is 0 Å². The van der Waals surface area contributed by atoms with Crippen LogP contribution in [0.2, 0.25) is 0 Å². The predicted molar refractivity (Wildman–Crippen MR) is 57.9 cm³/mol. The van der Waals surface area contributed by atoms with E-state index in [4.69, 9.17) is 5.41 Å². The number of hydrogen-bond donors (Lipinski definition) is 2. The fraction of sp³-hybridized carbons (Fsp3) is 0.455. The number of nitrogens with one attached hydrogen (secondary N) is 2. The standard InChI is InChI=1S/C11H12F3N3/c12-11(13,14)9-4-3-8(6-16-9)17-10(15)5-7-1-2-7/h3-4,6-7H,1-2,5H2,(H2,15,17). The Hall–Kier alpha value is -1.59. The third-order valence-corrected chi connectivity index (χ3v) is 2.54. The minimum Gasteiger partial charge on any atom is -0.343 e. The van der Waals surface area contributed by atoms with Crippen LogP contribution >= 0.6 is 0 Å². The second-order valence-corrected chi connectivity index (χ2v) is 4.18. The van der Waals surface area contributed by atoms with Crippen molar-refractivity contribution < 1.29 is 13.2 Å². The molecule has 0 radical (unpaired) electrons. The molecule has 0 spiro atoms. The van der Waals surface area contributed by atoms with Crippen LogP contribution in [-0.2, 0) is 6.18 Å². The van der Waals surface area contributed by atoms with E-state index in [2.05, 4.69) is 10.3 Å². The van der Waals surface area contributed by atoms with E-state index >= 15 is 0 Å². The van der Waals surface area contributed by atoms with Gasteiger partial charge in [-0.2, -0.15) is 13.2 Å². The van der Waals surface area contributed by atoms with Crippen LogP contribution in [0.1, 0.15) is 25.0 Å². The highest BCUT2D eigenvalue weighted by Gasteiger charge is 2.32. The average Bonchev–Trinajstić information content (AvgIpc) is 3.01. The summed E-state index contributed by atoms with van der Waals surface area (Å²) < 4.78 is 36.7. The van der Waals surface area contributed by atoms with Gasteiger partial charge in [-0.15, -0.1) is 0 Å². The largest absolute Gasteiger partial charge is 0.433 e. The maximum atomic E-state index is 12.2. The molecule has 0 atom stereocenters. The predicted octanol–water partition coefficient (Wildman–Crippen LogP) is 3.29. The van der Waals surface area contributed by atoms with Gasteiger partial charge in [-0.25, -0.2) is 4.98 Å². The summed E-state index contributed by atoms with van der Waals surface area (Å²) in [6.45, 7) is 0. The lowest BCUT2D eigenvalue weighted by atomic mass is 10.2. The maximum absolute atomic E-state index is 12.2. The summed E-state index contributed by atoms with van der Waals surface area (Å²) >= 11 is 0. The second kappa shape index (κ2) is 4.35. The van der Waals surface area contributed by atoms with E-state index in [0.29, 0.717) is 23.9 Å². The monoisotopic (exact) mass is 243 g/mol. The molecule has 0 saturated heterocycles. The van der Waals surface area contributed by atoms with Gasteiger partial charge in [0, 0.05) is 6.42 Å². The first kappa shape index (κ1) is 11.9. The topological polar surface area (TPSA) is 48.8 Å². The van der Waals surface area contributed by atoms with Crippen molar-refractivity contribution in [2.24, 2.45) is 5.92 Å². The fourth-order valence-corrected chi connectivity index (χ4v) is 1.47. The van der Waals surface area contributed by atoms with Crippen molar-refractivity contribution in [1.82, 2.24) is 4.98 Å². The molecule has 92 valence electrons. The summed E-state index contributed by atoms with van der Waals surface area (Å²) in [5, 5.41) is 10.4. The van der Waals surface area contributed by atoms with E-state index in [9.17, 15) is 13.2 Å². The van der Waals surface area contributed by atoms with Crippen molar-refractivity contribution in [3.8, 4) is 0 Å². The average molecular weight is 243 g/mol. The Morgan fingerprint density at radius 2 is 2.12 bits per heavy atom. The molecule has 17 heavy (non-hydrogen) atoms. The van der Waals surface area contributed by atoms with Crippen molar-refractivity contribution in [3.63, 3.8) is 0 Å². The number of anilines is 1. The first-order chi connectivity index (χ1) is 7.95. The highest BCUT2D eigenvalue weighted by molar-refractivity contribution is 5.93. The zero-order valence-electron chi connectivity index (χ0n) is 9.01. The summed E-state index contributed by atoms with van der Waals surface area (Å²) in [4.78, 5) is 3.31. The lowest BCUT2D eigenvalue weighted by molar-refractivity contribution is -0.141. The van der Waals surface area contributed by atoms with Crippen LogP contribution in [-0.4, -0.2) is 10.8 Å². The first-order valence-corrected chi connectivity index (χ1v) is 5.33. The van der Waals surface area contributed by atoms with Crippen LogP contribution in [0, 0.1) is 11.3 Å². The quantitative estimate of drug-likeness (QED) is 0.632. The Bertz CT molecular complexity index is 407. The minimum absolute atomic E-state index is 0.328. The van der Waals surface area contributed by atoms with Gasteiger partial charge in [-0.05, 0) is 30.9 Å². The molecule has 1 aromatic rings. The molecular weight excluding hydrogens is 231 g/mol. The number of amidine groups is 1. The van der Waals surface area contributed by atoms with Crippen LogP contribution in [0.15, 0.2) is 18.3 Å². The fourth-order valence-electron chi connectivity index (χ4n) is 1.47. The summed E-state index contributed by atoms with van der Waals surface area (Å²) in [6, 6.07) is 2.20. The van der Waals surface area contributed by atoms with E-state index < -0.39 is 11.9 Å². The van der Waals surface area contributed by atoms with Gasteiger partial charge in [-0.3, -0.25) is 5.41 Å². The lowest BCUT2D eigenvalue weighted by Gasteiger charge is -2.09. The van der Waals surface area contributed by atoms with E-state index in [1.807, 2.05) is 0 Å². The van der Waals surface area contributed by atoms with Gasteiger partial charge in [0.25, 0.3) is 0 Å². The summed E-state index contributed by atoms with van der Waals surface area (Å²) in [6.07, 6.45) is -0.393. The Labute approximate surface area is 96.6 Å². The molecule has 2 rings (SSSR count). The van der Waals surface area contributed by atoms with Crippen LogP contribution in [0.25, 0.3) is 0 Å². The molecule has 1 fully saturated rings. The third kappa shape index (κ3) is 3.44. The van der Waals surface area contributed by atoms with Gasteiger partial charge in [0.15, 0.2) is 0 Å². The van der Waals surface area contributed by atoms with E-state index in [1.165, 1.54) is 6.07 Å². The summed E-state index contributed by atoms with van der Waals surface area (Å²) in [5.74, 6) is 0.895. The number of halogens is 3. The third-order valence-electron chi connectivity index (χ3n) is 2.54. The van der Waals surface area contributed by atoms with Crippen molar-refractivity contribution in [2.45, 2.75) is 25.4 Å². The molecule has 2 N–H and O–H groups in total. The Morgan fingerprint density at radius 3 is 2.59 bits per heavy atom. The first-order valence-electron chi connectivity index (χ1n) is 5.33. The van der Waals surface area contributed by atoms with Crippen molar-refractivity contribution in [3.05, 3.63) is 24.0 Å². The molecule has 1 saturated carbocycles. The number of pyridine rings is 1. The van der Waals surface area contributed by atoms with Crippen LogP contribution < -0.4 is 5.32 Å². The van der Waals surface area contributed by atoms with Gasteiger partial charge in [0.2, 0.25) is 0 Å². The number of nitrogens with zero attached hydrogens (tertiary/aromatic N) is 1. The zero-order valence-corrected chi connectivity index (χ0v) is 9.01. The number of alkyl halides is 3. The molecule has 1 heterocycles. The minimum atomic E-state index is -4.42. The van der Waals surface area contributed by atoms with E-state index in [1.54, 1.807) is 0 Å². The number of hydrogen-bond acceptors (Lipinski definition) is 2. The molecule has 0 unspecified atom stereocenters. The number of aromatic nitrogens is 1. The normalized spacial score (nSPS) is 15.7. The molecule has 1 aliphatic rings. The Balaban J connectivity index is 1.95. The SMILES string of the molecule is N=C(CC1CC1)Nc1ccc(C(F)(F)F)nc1. The van der Waals surface area contributed by atoms with Gasteiger partial charge in [-0.1, -0.05) is 0 Å². The number of rotatable bonds is 3. The Morgan fingerprint density at radius 1 is 1.41 bits per heavy atom. The molecule has 0 aliphatic heterocycles. The maximum Gasteiger partial charge on any atom is 0.433 e. The smallest absolute Gasteiger partial charge is 0.343 e. The highest BCUT2D eigenvalue weighted by atomic mass is 19.4. The van der Waals surface area contributed by atoms with Crippen molar-refractivity contribution >= 4 is 11.5 Å². The van der Waals surface area contributed by atoms with E-state index in [0.717, 1.165) is 25.1 Å². The van der Waals surface area contributed by atoms with Gasteiger partial charge >= 0.3 is 6.18 Å². The van der Waals surface area contributed by atoms with Gasteiger partial charge in [0.05, 0.1) is 17.7 Å². The molecule has 0 aromatic carbocycles. The Kier molecular flexibility index (Phi) is 3.04. The second-order valence-electron chi connectivity index (χ2n) is 4.18. The molecule has 1 aliphatic carbocycles. The molecule has 3 nitrogen and oxygen atoms in total. The summed E-state index contributed by atoms with van der Waals surface area (Å²) in [5.41, 5.74) is -0.500. The van der Waals surface area contributed by atoms with Gasteiger partial charge < -0.3 is 5.32 Å². The van der Waals surface area contributed by atoms with Crippen LogP contribution in [0.4, 0.5) is 18.9 Å². The van der Waals surface area contributed by atoms with Crippen LogP contribution in [0.3, 0.4) is 0 Å². The molecule has 0 amide bonds. The van der Waals surface area contributed by atoms with E-state index in [-0.39, 0.29) is 0 Å².